The lowest BCUT2D eigenvalue weighted by Gasteiger charge is -2.29. The Balaban J connectivity index is 1.94. The first-order valence-electron chi connectivity index (χ1n) is 8.34. The van der Waals surface area contributed by atoms with Crippen molar-refractivity contribution in [3.63, 3.8) is 0 Å². The molecule has 128 valence electrons. The molecule has 1 amide bonds. The Kier molecular flexibility index (Phi) is 6.57. The van der Waals surface area contributed by atoms with Gasteiger partial charge in [-0.1, -0.05) is 37.3 Å². The van der Waals surface area contributed by atoms with E-state index in [0.29, 0.717) is 0 Å². The smallest absolute Gasteiger partial charge is 0.225 e. The molecule has 3 N–H and O–H groups in total. The van der Waals surface area contributed by atoms with E-state index in [4.69, 9.17) is 4.74 Å². The molecule has 0 radical (unpaired) electrons. The second-order valence-corrected chi connectivity index (χ2v) is 6.34. The summed E-state index contributed by atoms with van der Waals surface area (Å²) >= 11 is 0. The van der Waals surface area contributed by atoms with E-state index in [1.807, 2.05) is 44.2 Å². The third-order valence-electron chi connectivity index (χ3n) is 4.66. The van der Waals surface area contributed by atoms with Crippen molar-refractivity contribution in [3.8, 4) is 0 Å². The van der Waals surface area contributed by atoms with Gasteiger partial charge in [-0.2, -0.15) is 0 Å². The molecule has 1 fully saturated rings. The van der Waals surface area contributed by atoms with Gasteiger partial charge in [0.05, 0.1) is 24.2 Å². The Bertz CT molecular complexity index is 488. The molecule has 1 saturated heterocycles. The first-order valence-corrected chi connectivity index (χ1v) is 8.34. The standard InChI is InChI=1S/C18H28N2O3/c1-12(17(23-3)15-10-7-11-19-15)18(22)20-13(2)16(21)14-8-5-4-6-9-14/h4-6,8-9,12-13,15-17,19,21H,7,10-11H2,1-3H3,(H,20,22)/t12-,13-,15?,16-,17-/m1/s1. The van der Waals surface area contributed by atoms with Crippen LogP contribution in [0.5, 0.6) is 0 Å². The summed E-state index contributed by atoms with van der Waals surface area (Å²) in [6.07, 6.45) is 1.26. The first kappa shape index (κ1) is 17.9. The van der Waals surface area contributed by atoms with Crippen LogP contribution in [0.1, 0.15) is 38.4 Å². The van der Waals surface area contributed by atoms with E-state index in [-0.39, 0.29) is 30.0 Å². The number of carbonyl (C=O) groups is 1. The summed E-state index contributed by atoms with van der Waals surface area (Å²) in [5.74, 6) is -0.367. The lowest BCUT2D eigenvalue weighted by Crippen LogP contribution is -2.48. The Labute approximate surface area is 138 Å². The average Bonchev–Trinajstić information content (AvgIpc) is 3.09. The molecular formula is C18H28N2O3. The van der Waals surface area contributed by atoms with Crippen molar-refractivity contribution in [2.24, 2.45) is 5.92 Å². The van der Waals surface area contributed by atoms with Crippen LogP contribution in [0.25, 0.3) is 0 Å². The monoisotopic (exact) mass is 320 g/mol. The van der Waals surface area contributed by atoms with Gasteiger partial charge < -0.3 is 20.5 Å². The van der Waals surface area contributed by atoms with Crippen molar-refractivity contribution in [2.75, 3.05) is 13.7 Å². The molecule has 0 aliphatic carbocycles. The third-order valence-corrected chi connectivity index (χ3v) is 4.66. The Morgan fingerprint density at radius 2 is 2.04 bits per heavy atom. The zero-order valence-corrected chi connectivity index (χ0v) is 14.2. The summed E-state index contributed by atoms with van der Waals surface area (Å²) in [5, 5.41) is 16.7. The van der Waals surface area contributed by atoms with E-state index in [1.54, 1.807) is 7.11 Å². The number of amides is 1. The van der Waals surface area contributed by atoms with Crippen molar-refractivity contribution >= 4 is 5.91 Å². The largest absolute Gasteiger partial charge is 0.386 e. The number of aliphatic hydroxyl groups excluding tert-OH is 1. The third kappa shape index (κ3) is 4.53. The average molecular weight is 320 g/mol. The molecule has 1 aromatic rings. The molecule has 0 spiro atoms. The van der Waals surface area contributed by atoms with Crippen LogP contribution in [0.15, 0.2) is 30.3 Å². The molecule has 1 unspecified atom stereocenters. The number of nitrogens with one attached hydrogen (secondary N) is 2. The minimum Gasteiger partial charge on any atom is -0.386 e. The number of carbonyl (C=O) groups excluding carboxylic acids is 1. The van der Waals surface area contributed by atoms with Gasteiger partial charge in [-0.15, -0.1) is 0 Å². The normalized spacial score (nSPS) is 23.0. The fourth-order valence-corrected chi connectivity index (χ4v) is 3.23. The number of methoxy groups -OCH3 is 1. The second kappa shape index (κ2) is 8.43. The zero-order valence-electron chi connectivity index (χ0n) is 14.2. The van der Waals surface area contributed by atoms with Gasteiger partial charge in [0, 0.05) is 13.2 Å². The summed E-state index contributed by atoms with van der Waals surface area (Å²) in [7, 11) is 1.65. The molecule has 5 atom stereocenters. The number of hydrogen-bond donors (Lipinski definition) is 3. The van der Waals surface area contributed by atoms with E-state index in [9.17, 15) is 9.90 Å². The molecule has 0 saturated carbocycles. The Morgan fingerprint density at radius 1 is 1.35 bits per heavy atom. The number of rotatable bonds is 7. The Morgan fingerprint density at radius 3 is 2.61 bits per heavy atom. The number of ether oxygens (including phenoxy) is 1. The fraction of sp³-hybridized carbons (Fsp3) is 0.611. The number of aliphatic hydroxyl groups is 1. The van der Waals surface area contributed by atoms with Gasteiger partial charge >= 0.3 is 0 Å². The molecule has 1 aromatic carbocycles. The van der Waals surface area contributed by atoms with Crippen LogP contribution in [-0.2, 0) is 9.53 Å². The topological polar surface area (TPSA) is 70.6 Å². The molecular weight excluding hydrogens is 292 g/mol. The summed E-state index contributed by atoms with van der Waals surface area (Å²) in [6, 6.07) is 9.23. The molecule has 5 heteroatoms. The van der Waals surface area contributed by atoms with Gasteiger partial charge in [-0.3, -0.25) is 4.79 Å². The molecule has 0 aromatic heterocycles. The van der Waals surface area contributed by atoms with E-state index >= 15 is 0 Å². The highest BCUT2D eigenvalue weighted by Crippen LogP contribution is 2.20. The highest BCUT2D eigenvalue weighted by atomic mass is 16.5. The molecule has 5 nitrogen and oxygen atoms in total. The summed E-state index contributed by atoms with van der Waals surface area (Å²) in [6.45, 7) is 4.67. The van der Waals surface area contributed by atoms with Crippen LogP contribution in [0, 0.1) is 5.92 Å². The van der Waals surface area contributed by atoms with Crippen molar-refractivity contribution in [2.45, 2.75) is 51.0 Å². The van der Waals surface area contributed by atoms with Crippen molar-refractivity contribution in [1.82, 2.24) is 10.6 Å². The van der Waals surface area contributed by atoms with E-state index in [0.717, 1.165) is 24.9 Å². The second-order valence-electron chi connectivity index (χ2n) is 6.34. The van der Waals surface area contributed by atoms with Crippen LogP contribution in [0.2, 0.25) is 0 Å². The molecule has 2 rings (SSSR count). The fourth-order valence-electron chi connectivity index (χ4n) is 3.23. The van der Waals surface area contributed by atoms with Crippen LogP contribution in [0.4, 0.5) is 0 Å². The van der Waals surface area contributed by atoms with Crippen LogP contribution >= 0.6 is 0 Å². The predicted octanol–water partition coefficient (Wildman–Crippen LogP) is 1.63. The maximum Gasteiger partial charge on any atom is 0.225 e. The zero-order chi connectivity index (χ0) is 16.8. The van der Waals surface area contributed by atoms with E-state index in [2.05, 4.69) is 10.6 Å². The van der Waals surface area contributed by atoms with E-state index < -0.39 is 6.10 Å². The van der Waals surface area contributed by atoms with Gasteiger partial charge in [-0.25, -0.2) is 0 Å². The molecule has 23 heavy (non-hydrogen) atoms. The number of benzene rings is 1. The molecule has 1 aliphatic heterocycles. The van der Waals surface area contributed by atoms with Crippen molar-refractivity contribution in [3.05, 3.63) is 35.9 Å². The van der Waals surface area contributed by atoms with Gasteiger partial charge in [-0.05, 0) is 31.9 Å². The lowest BCUT2D eigenvalue weighted by atomic mass is 9.94. The summed E-state index contributed by atoms with van der Waals surface area (Å²) < 4.78 is 5.56. The Hall–Kier alpha value is -1.43. The minimum atomic E-state index is -0.724. The molecule has 1 heterocycles. The van der Waals surface area contributed by atoms with Crippen molar-refractivity contribution in [1.29, 1.82) is 0 Å². The summed E-state index contributed by atoms with van der Waals surface area (Å²) in [4.78, 5) is 12.5. The first-order chi connectivity index (χ1) is 11.0. The SMILES string of the molecule is CO[C@@H](C1CCCN1)[C@@H](C)C(=O)N[C@H](C)[C@@H](O)c1ccccc1. The van der Waals surface area contributed by atoms with Crippen LogP contribution < -0.4 is 10.6 Å². The van der Waals surface area contributed by atoms with Gasteiger partial charge in [0.1, 0.15) is 0 Å². The predicted molar refractivity (Wildman–Crippen MR) is 90.0 cm³/mol. The lowest BCUT2D eigenvalue weighted by molar-refractivity contribution is -0.131. The maximum absolute atomic E-state index is 12.5. The highest BCUT2D eigenvalue weighted by molar-refractivity contribution is 5.79. The molecule has 0 bridgehead atoms. The van der Waals surface area contributed by atoms with Gasteiger partial charge in [0.15, 0.2) is 0 Å². The molecule has 1 aliphatic rings. The summed E-state index contributed by atoms with van der Waals surface area (Å²) in [5.41, 5.74) is 0.800. The van der Waals surface area contributed by atoms with Gasteiger partial charge in [0.2, 0.25) is 5.91 Å². The van der Waals surface area contributed by atoms with Crippen LogP contribution in [-0.4, -0.2) is 42.9 Å². The minimum absolute atomic E-state index is 0.0898. The van der Waals surface area contributed by atoms with E-state index in [1.165, 1.54) is 0 Å². The highest BCUT2D eigenvalue weighted by Gasteiger charge is 2.33. The van der Waals surface area contributed by atoms with Crippen LogP contribution in [0.3, 0.4) is 0 Å². The maximum atomic E-state index is 12.5. The quantitative estimate of drug-likeness (QED) is 0.714. The number of hydrogen-bond acceptors (Lipinski definition) is 4. The van der Waals surface area contributed by atoms with Crippen molar-refractivity contribution < 1.29 is 14.6 Å². The van der Waals surface area contributed by atoms with Gasteiger partial charge in [0.25, 0.3) is 0 Å².